The molecule has 1 heterocycles. The minimum absolute atomic E-state index is 0.00301. The fourth-order valence-corrected chi connectivity index (χ4v) is 3.45. The molecule has 0 bridgehead atoms. The Kier molecular flexibility index (Phi) is 4.37. The van der Waals surface area contributed by atoms with Crippen LogP contribution in [0.25, 0.3) is 0 Å². The van der Waals surface area contributed by atoms with E-state index in [0.717, 1.165) is 44.3 Å². The van der Waals surface area contributed by atoms with E-state index in [2.05, 4.69) is 5.32 Å². The summed E-state index contributed by atoms with van der Waals surface area (Å²) in [5, 5.41) is 2.86. The summed E-state index contributed by atoms with van der Waals surface area (Å²) in [6.45, 7) is 3.71. The van der Waals surface area contributed by atoms with Crippen LogP contribution in [0.5, 0.6) is 0 Å². The van der Waals surface area contributed by atoms with Gasteiger partial charge in [0.15, 0.2) is 0 Å². The summed E-state index contributed by atoms with van der Waals surface area (Å²) in [6, 6.07) is 6.35. The van der Waals surface area contributed by atoms with Crippen molar-refractivity contribution in [3.63, 3.8) is 0 Å². The smallest absolute Gasteiger partial charge is 0.233 e. The quantitative estimate of drug-likeness (QED) is 0.925. The predicted molar refractivity (Wildman–Crippen MR) is 85.3 cm³/mol. The highest BCUT2D eigenvalue weighted by Crippen LogP contribution is 2.50. The summed E-state index contributed by atoms with van der Waals surface area (Å²) in [5.74, 6) is 0.360. The van der Waals surface area contributed by atoms with Gasteiger partial charge in [0, 0.05) is 26.6 Å². The van der Waals surface area contributed by atoms with E-state index in [0.29, 0.717) is 12.5 Å². The highest BCUT2D eigenvalue weighted by Gasteiger charge is 2.53. The number of likely N-dealkylation sites (tertiary alicyclic amines) is 1. The first-order chi connectivity index (χ1) is 11.0. The van der Waals surface area contributed by atoms with Crippen molar-refractivity contribution < 1.29 is 14.0 Å². The summed E-state index contributed by atoms with van der Waals surface area (Å²) >= 11 is 0. The summed E-state index contributed by atoms with van der Waals surface area (Å²) in [4.78, 5) is 25.8. The molecule has 2 fully saturated rings. The third kappa shape index (κ3) is 3.38. The third-order valence-corrected chi connectivity index (χ3v) is 5.10. The molecule has 0 aromatic heterocycles. The monoisotopic (exact) mass is 318 g/mol. The van der Waals surface area contributed by atoms with Gasteiger partial charge in [-0.25, -0.2) is 4.39 Å². The Morgan fingerprint density at radius 2 is 1.83 bits per heavy atom. The van der Waals surface area contributed by atoms with Gasteiger partial charge in [-0.15, -0.1) is 0 Å². The number of hydrogen-bond donors (Lipinski definition) is 1. The van der Waals surface area contributed by atoms with Gasteiger partial charge in [-0.3, -0.25) is 9.59 Å². The highest BCUT2D eigenvalue weighted by molar-refractivity contribution is 5.91. The molecule has 3 rings (SSSR count). The van der Waals surface area contributed by atoms with E-state index in [9.17, 15) is 14.0 Å². The summed E-state index contributed by atoms with van der Waals surface area (Å²) < 4.78 is 13.1. The number of piperidine rings is 1. The van der Waals surface area contributed by atoms with Crippen LogP contribution in [-0.4, -0.2) is 36.3 Å². The van der Waals surface area contributed by atoms with Crippen molar-refractivity contribution in [3.05, 3.63) is 35.6 Å². The zero-order valence-corrected chi connectivity index (χ0v) is 13.5. The van der Waals surface area contributed by atoms with Crippen molar-refractivity contribution in [2.75, 3.05) is 19.6 Å². The molecule has 0 atom stereocenters. The molecular weight excluding hydrogens is 295 g/mol. The highest BCUT2D eigenvalue weighted by atomic mass is 19.1. The van der Waals surface area contributed by atoms with Crippen LogP contribution in [-0.2, 0) is 15.0 Å². The Labute approximate surface area is 136 Å². The molecule has 4 nitrogen and oxygen atoms in total. The van der Waals surface area contributed by atoms with E-state index in [1.807, 2.05) is 4.90 Å². The first-order valence-electron chi connectivity index (χ1n) is 8.31. The SMILES string of the molecule is CC(=O)NCC1CCN(C(=O)C2(c3ccc(F)cc3)CC2)CC1. The molecule has 0 radical (unpaired) electrons. The zero-order valence-electron chi connectivity index (χ0n) is 13.5. The Balaban J connectivity index is 1.59. The molecular formula is C18H23FN2O2. The molecule has 2 aliphatic rings. The number of nitrogens with one attached hydrogen (secondary N) is 1. The number of amides is 2. The van der Waals surface area contributed by atoms with Gasteiger partial charge in [0.25, 0.3) is 0 Å². The van der Waals surface area contributed by atoms with Crippen molar-refractivity contribution >= 4 is 11.8 Å². The van der Waals surface area contributed by atoms with Gasteiger partial charge < -0.3 is 10.2 Å². The van der Waals surface area contributed by atoms with Crippen LogP contribution >= 0.6 is 0 Å². The average molecular weight is 318 g/mol. The fourth-order valence-electron chi connectivity index (χ4n) is 3.45. The first-order valence-corrected chi connectivity index (χ1v) is 8.31. The summed E-state index contributed by atoms with van der Waals surface area (Å²) in [6.07, 6.45) is 3.55. The number of nitrogens with zero attached hydrogens (tertiary/aromatic N) is 1. The van der Waals surface area contributed by atoms with E-state index < -0.39 is 5.41 Å². The molecule has 5 heteroatoms. The van der Waals surface area contributed by atoms with Gasteiger partial charge in [0.2, 0.25) is 11.8 Å². The molecule has 2 amide bonds. The molecule has 1 aromatic carbocycles. The van der Waals surface area contributed by atoms with E-state index >= 15 is 0 Å². The van der Waals surface area contributed by atoms with Gasteiger partial charge in [-0.2, -0.15) is 0 Å². The van der Waals surface area contributed by atoms with Crippen LogP contribution in [0.1, 0.15) is 38.2 Å². The maximum Gasteiger partial charge on any atom is 0.233 e. The van der Waals surface area contributed by atoms with Crippen LogP contribution < -0.4 is 5.32 Å². The maximum absolute atomic E-state index is 13.1. The van der Waals surface area contributed by atoms with Crippen molar-refractivity contribution in [3.8, 4) is 0 Å². The standard InChI is InChI=1S/C18H23FN2O2/c1-13(22)20-12-14-6-10-21(11-7-14)17(23)18(8-9-18)15-2-4-16(19)5-3-15/h2-5,14H,6-12H2,1H3,(H,20,22). The lowest BCUT2D eigenvalue weighted by molar-refractivity contribution is -0.135. The minimum atomic E-state index is -0.418. The molecule has 1 saturated heterocycles. The molecule has 1 aliphatic heterocycles. The topological polar surface area (TPSA) is 49.4 Å². The molecule has 0 spiro atoms. The first kappa shape index (κ1) is 16.0. The average Bonchev–Trinajstić information content (AvgIpc) is 3.35. The van der Waals surface area contributed by atoms with E-state index in [1.54, 1.807) is 12.1 Å². The Morgan fingerprint density at radius 1 is 1.22 bits per heavy atom. The van der Waals surface area contributed by atoms with Crippen LogP contribution in [0, 0.1) is 11.7 Å². The molecule has 124 valence electrons. The maximum atomic E-state index is 13.1. The molecule has 1 aliphatic carbocycles. The van der Waals surface area contributed by atoms with Gasteiger partial charge in [-0.05, 0) is 49.3 Å². The number of rotatable bonds is 4. The van der Waals surface area contributed by atoms with Gasteiger partial charge in [0.1, 0.15) is 5.82 Å². The van der Waals surface area contributed by atoms with Gasteiger partial charge in [-0.1, -0.05) is 12.1 Å². The van der Waals surface area contributed by atoms with E-state index in [1.165, 1.54) is 19.1 Å². The summed E-state index contributed by atoms with van der Waals surface area (Å²) in [7, 11) is 0. The lowest BCUT2D eigenvalue weighted by atomic mass is 9.91. The van der Waals surface area contributed by atoms with Crippen molar-refractivity contribution in [2.24, 2.45) is 5.92 Å². The lowest BCUT2D eigenvalue weighted by Crippen LogP contribution is -2.45. The predicted octanol–water partition coefficient (Wildman–Crippen LogP) is 2.23. The fraction of sp³-hybridized carbons (Fsp3) is 0.556. The van der Waals surface area contributed by atoms with Gasteiger partial charge >= 0.3 is 0 Å². The van der Waals surface area contributed by atoms with Crippen LogP contribution in [0.2, 0.25) is 0 Å². The van der Waals surface area contributed by atoms with E-state index in [4.69, 9.17) is 0 Å². The van der Waals surface area contributed by atoms with Crippen molar-refractivity contribution in [2.45, 2.75) is 38.0 Å². The molecule has 23 heavy (non-hydrogen) atoms. The Bertz CT molecular complexity index is 588. The van der Waals surface area contributed by atoms with Crippen LogP contribution in [0.15, 0.2) is 24.3 Å². The Hall–Kier alpha value is -1.91. The largest absolute Gasteiger partial charge is 0.356 e. The van der Waals surface area contributed by atoms with E-state index in [-0.39, 0.29) is 17.6 Å². The Morgan fingerprint density at radius 3 is 2.35 bits per heavy atom. The minimum Gasteiger partial charge on any atom is -0.356 e. The third-order valence-electron chi connectivity index (χ3n) is 5.10. The van der Waals surface area contributed by atoms with Gasteiger partial charge in [0.05, 0.1) is 5.41 Å². The van der Waals surface area contributed by atoms with Crippen molar-refractivity contribution in [1.29, 1.82) is 0 Å². The molecule has 1 aromatic rings. The zero-order chi connectivity index (χ0) is 16.4. The van der Waals surface area contributed by atoms with Crippen LogP contribution in [0.4, 0.5) is 4.39 Å². The second kappa shape index (κ2) is 6.30. The van der Waals surface area contributed by atoms with Crippen molar-refractivity contribution in [1.82, 2.24) is 10.2 Å². The number of benzene rings is 1. The second-order valence-electron chi connectivity index (χ2n) is 6.76. The second-order valence-corrected chi connectivity index (χ2v) is 6.76. The molecule has 0 unspecified atom stereocenters. The molecule has 1 saturated carbocycles. The normalized spacial score (nSPS) is 20.2. The number of carbonyl (C=O) groups excluding carboxylic acids is 2. The van der Waals surface area contributed by atoms with Crippen LogP contribution in [0.3, 0.4) is 0 Å². The number of carbonyl (C=O) groups is 2. The lowest BCUT2D eigenvalue weighted by Gasteiger charge is -2.34. The summed E-state index contributed by atoms with van der Waals surface area (Å²) in [5.41, 5.74) is 0.516. The molecule has 1 N–H and O–H groups in total. The number of hydrogen-bond acceptors (Lipinski definition) is 2. The number of halogens is 1.